The quantitative estimate of drug-likeness (QED) is 0.417. The maximum absolute atomic E-state index is 12.8. The first-order valence-electron chi connectivity index (χ1n) is 9.63. The van der Waals surface area contributed by atoms with Crippen LogP contribution >= 0.6 is 11.3 Å². The van der Waals surface area contributed by atoms with E-state index in [1.807, 2.05) is 31.2 Å². The predicted octanol–water partition coefficient (Wildman–Crippen LogP) is 4.63. The fraction of sp³-hybridized carbons (Fsp3) is 0.238. The van der Waals surface area contributed by atoms with Gasteiger partial charge in [-0.3, -0.25) is 4.79 Å². The van der Waals surface area contributed by atoms with Crippen molar-refractivity contribution in [1.82, 2.24) is 9.71 Å². The molecule has 176 valence electrons. The number of esters is 1. The number of aryl methyl sites for hydroxylation is 1. The van der Waals surface area contributed by atoms with Gasteiger partial charge >= 0.3 is 12.1 Å². The number of thiazole rings is 1. The lowest BCUT2D eigenvalue weighted by Crippen LogP contribution is -2.27. The molecule has 0 aliphatic carbocycles. The normalized spacial score (nSPS) is 11.9. The number of ether oxygens (including phenoxy) is 1. The van der Waals surface area contributed by atoms with E-state index < -0.39 is 32.6 Å². The Kier molecular flexibility index (Phi) is 7.72. The van der Waals surface area contributed by atoms with Crippen LogP contribution in [0, 0.1) is 6.92 Å². The van der Waals surface area contributed by atoms with E-state index in [1.54, 1.807) is 5.38 Å². The van der Waals surface area contributed by atoms with Crippen LogP contribution in [0.1, 0.15) is 23.2 Å². The minimum absolute atomic E-state index is 0.0920. The third kappa shape index (κ3) is 7.27. The summed E-state index contributed by atoms with van der Waals surface area (Å²) >= 11 is 1.34. The molecule has 0 atom stereocenters. The van der Waals surface area contributed by atoms with Crippen molar-refractivity contribution in [1.29, 1.82) is 0 Å². The second-order valence-corrected chi connectivity index (χ2v) is 9.59. The number of benzene rings is 2. The lowest BCUT2D eigenvalue weighted by Gasteiger charge is -2.10. The van der Waals surface area contributed by atoms with Gasteiger partial charge in [-0.05, 0) is 37.3 Å². The van der Waals surface area contributed by atoms with Gasteiger partial charge in [0.15, 0.2) is 5.13 Å². The molecule has 0 spiro atoms. The summed E-state index contributed by atoms with van der Waals surface area (Å²) < 4.78 is 69.9. The Bertz CT molecular complexity index is 1210. The summed E-state index contributed by atoms with van der Waals surface area (Å²) in [6.07, 6.45) is -4.96. The first-order chi connectivity index (χ1) is 15.5. The standard InChI is InChI=1S/C21H20F3N3O4S2/c1-14-5-7-16(8-6-14)26-20-27-17(13-32-20)12-31-19(28)9-10-25-33(29,30)18-4-2-3-15(11-18)21(22,23)24/h2-8,11,13,25H,9-10,12H2,1H3,(H,26,27). The predicted molar refractivity (Wildman–Crippen MR) is 118 cm³/mol. The van der Waals surface area contributed by atoms with Crippen molar-refractivity contribution in [2.45, 2.75) is 31.0 Å². The van der Waals surface area contributed by atoms with Crippen LogP contribution in [-0.4, -0.2) is 25.9 Å². The minimum atomic E-state index is -4.67. The molecule has 3 aromatic rings. The van der Waals surface area contributed by atoms with Gasteiger partial charge in [0.2, 0.25) is 10.0 Å². The summed E-state index contributed by atoms with van der Waals surface area (Å²) in [5.41, 5.74) is 1.44. The Balaban J connectivity index is 1.45. The number of alkyl halides is 3. The maximum Gasteiger partial charge on any atom is 0.416 e. The first kappa shape index (κ1) is 24.7. The van der Waals surface area contributed by atoms with Gasteiger partial charge in [-0.25, -0.2) is 18.1 Å². The molecular weight excluding hydrogens is 479 g/mol. The number of halogens is 3. The molecule has 2 N–H and O–H groups in total. The van der Waals surface area contributed by atoms with E-state index in [0.717, 1.165) is 29.4 Å². The second-order valence-electron chi connectivity index (χ2n) is 6.97. The summed E-state index contributed by atoms with van der Waals surface area (Å²) in [4.78, 5) is 15.7. The molecular formula is C21H20F3N3O4S2. The Morgan fingerprint density at radius 1 is 1.15 bits per heavy atom. The van der Waals surface area contributed by atoms with Crippen molar-refractivity contribution < 1.29 is 31.1 Å². The van der Waals surface area contributed by atoms with E-state index in [4.69, 9.17) is 4.74 Å². The Morgan fingerprint density at radius 2 is 1.88 bits per heavy atom. The lowest BCUT2D eigenvalue weighted by molar-refractivity contribution is -0.144. The summed E-state index contributed by atoms with van der Waals surface area (Å²) in [6, 6.07) is 11.1. The van der Waals surface area contributed by atoms with E-state index >= 15 is 0 Å². The largest absolute Gasteiger partial charge is 0.459 e. The average molecular weight is 500 g/mol. The monoisotopic (exact) mass is 499 g/mol. The van der Waals surface area contributed by atoms with Gasteiger partial charge in [0.25, 0.3) is 0 Å². The number of sulfonamides is 1. The molecule has 0 aliphatic heterocycles. The van der Waals surface area contributed by atoms with Gasteiger partial charge in [-0.2, -0.15) is 13.2 Å². The van der Waals surface area contributed by atoms with Crippen LogP contribution in [0.25, 0.3) is 0 Å². The molecule has 1 aromatic heterocycles. The minimum Gasteiger partial charge on any atom is -0.459 e. The third-order valence-corrected chi connectivity index (χ3v) is 6.59. The Labute approximate surface area is 192 Å². The molecule has 0 saturated heterocycles. The first-order valence-corrected chi connectivity index (χ1v) is 12.0. The SMILES string of the molecule is Cc1ccc(Nc2nc(COC(=O)CCNS(=O)(=O)c3cccc(C(F)(F)F)c3)cs2)cc1. The number of anilines is 2. The fourth-order valence-electron chi connectivity index (χ4n) is 2.63. The lowest BCUT2D eigenvalue weighted by atomic mass is 10.2. The molecule has 7 nitrogen and oxygen atoms in total. The number of nitrogens with zero attached hydrogens (tertiary/aromatic N) is 1. The number of carbonyl (C=O) groups excluding carboxylic acids is 1. The van der Waals surface area contributed by atoms with Gasteiger partial charge in [0.05, 0.1) is 22.6 Å². The molecule has 0 fully saturated rings. The van der Waals surface area contributed by atoms with E-state index in [-0.39, 0.29) is 19.6 Å². The van der Waals surface area contributed by atoms with E-state index in [1.165, 1.54) is 11.3 Å². The molecule has 12 heteroatoms. The number of carbonyl (C=O) groups is 1. The van der Waals surface area contributed by atoms with Crippen LogP contribution in [0.3, 0.4) is 0 Å². The van der Waals surface area contributed by atoms with Gasteiger partial charge in [-0.15, -0.1) is 11.3 Å². The molecule has 0 saturated carbocycles. The van der Waals surface area contributed by atoms with Gasteiger partial charge in [-0.1, -0.05) is 23.8 Å². The van der Waals surface area contributed by atoms with Crippen molar-refractivity contribution in [3.8, 4) is 0 Å². The van der Waals surface area contributed by atoms with Crippen LogP contribution in [0.2, 0.25) is 0 Å². The highest BCUT2D eigenvalue weighted by Gasteiger charge is 2.31. The van der Waals surface area contributed by atoms with Gasteiger partial charge < -0.3 is 10.1 Å². The van der Waals surface area contributed by atoms with Crippen LogP contribution in [-0.2, 0) is 32.3 Å². The number of hydrogen-bond acceptors (Lipinski definition) is 7. The zero-order valence-electron chi connectivity index (χ0n) is 17.3. The number of nitrogens with one attached hydrogen (secondary N) is 2. The van der Waals surface area contributed by atoms with Crippen LogP contribution in [0.5, 0.6) is 0 Å². The van der Waals surface area contributed by atoms with Crippen molar-refractivity contribution >= 4 is 38.1 Å². The zero-order chi connectivity index (χ0) is 24.1. The maximum atomic E-state index is 12.8. The highest BCUT2D eigenvalue weighted by molar-refractivity contribution is 7.89. The zero-order valence-corrected chi connectivity index (χ0v) is 19.0. The fourth-order valence-corrected chi connectivity index (χ4v) is 4.42. The molecule has 2 aromatic carbocycles. The van der Waals surface area contributed by atoms with Gasteiger partial charge in [0, 0.05) is 17.6 Å². The van der Waals surface area contributed by atoms with Crippen molar-refractivity contribution in [2.24, 2.45) is 0 Å². The van der Waals surface area contributed by atoms with Crippen molar-refractivity contribution in [3.63, 3.8) is 0 Å². The summed E-state index contributed by atoms with van der Waals surface area (Å²) in [6.45, 7) is 1.57. The molecule has 0 aliphatic rings. The van der Waals surface area contributed by atoms with Crippen molar-refractivity contribution in [2.75, 3.05) is 11.9 Å². The number of hydrogen-bond donors (Lipinski definition) is 2. The van der Waals surface area contributed by atoms with Gasteiger partial charge in [0.1, 0.15) is 6.61 Å². The highest BCUT2D eigenvalue weighted by Crippen LogP contribution is 2.30. The molecule has 0 bridgehead atoms. The number of rotatable bonds is 9. The topological polar surface area (TPSA) is 97.4 Å². The van der Waals surface area contributed by atoms with E-state index in [9.17, 15) is 26.4 Å². The molecule has 33 heavy (non-hydrogen) atoms. The third-order valence-electron chi connectivity index (χ3n) is 4.33. The average Bonchev–Trinajstić information content (AvgIpc) is 3.20. The molecule has 0 unspecified atom stereocenters. The van der Waals surface area contributed by atoms with Crippen LogP contribution in [0.4, 0.5) is 24.0 Å². The smallest absolute Gasteiger partial charge is 0.416 e. The molecule has 1 heterocycles. The van der Waals surface area contributed by atoms with E-state index in [2.05, 4.69) is 15.0 Å². The summed E-state index contributed by atoms with van der Waals surface area (Å²) in [7, 11) is -4.21. The highest BCUT2D eigenvalue weighted by atomic mass is 32.2. The Morgan fingerprint density at radius 3 is 2.58 bits per heavy atom. The molecule has 0 amide bonds. The van der Waals surface area contributed by atoms with E-state index in [0.29, 0.717) is 16.9 Å². The Hall–Kier alpha value is -2.96. The second kappa shape index (κ2) is 10.3. The summed E-state index contributed by atoms with van der Waals surface area (Å²) in [5, 5.41) is 5.48. The number of aromatic nitrogens is 1. The van der Waals surface area contributed by atoms with Crippen molar-refractivity contribution in [3.05, 3.63) is 70.7 Å². The molecule has 3 rings (SSSR count). The summed E-state index contributed by atoms with van der Waals surface area (Å²) in [5.74, 6) is -0.678. The molecule has 0 radical (unpaired) electrons. The van der Waals surface area contributed by atoms with Crippen LogP contribution in [0.15, 0.2) is 58.8 Å². The van der Waals surface area contributed by atoms with Crippen LogP contribution < -0.4 is 10.0 Å².